The van der Waals surface area contributed by atoms with Gasteiger partial charge < -0.3 is 9.47 Å². The van der Waals surface area contributed by atoms with Crippen LogP contribution in [0.15, 0.2) is 60.7 Å². The molecule has 1 fully saturated rings. The quantitative estimate of drug-likeness (QED) is 0.812. The highest BCUT2D eigenvalue weighted by Gasteiger charge is 2.52. The maximum Gasteiger partial charge on any atom is 0.417 e. The Labute approximate surface area is 153 Å². The lowest BCUT2D eigenvalue weighted by Crippen LogP contribution is -2.43. The van der Waals surface area contributed by atoms with Gasteiger partial charge in [-0.2, -0.15) is 0 Å². The van der Waals surface area contributed by atoms with Crippen LogP contribution >= 0.6 is 0 Å². The van der Waals surface area contributed by atoms with Crippen molar-refractivity contribution in [2.45, 2.75) is 45.1 Å². The molecule has 0 N–H and O–H groups in total. The van der Waals surface area contributed by atoms with Gasteiger partial charge >= 0.3 is 6.09 Å². The number of carbonyl (C=O) groups is 2. The molecule has 136 valence electrons. The van der Waals surface area contributed by atoms with Gasteiger partial charge in [-0.1, -0.05) is 60.7 Å². The maximum atomic E-state index is 12.9. The third-order valence-corrected chi connectivity index (χ3v) is 4.51. The molecule has 2 aromatic carbocycles. The number of cyclic esters (lactones) is 1. The molecule has 2 amide bonds. The summed E-state index contributed by atoms with van der Waals surface area (Å²) < 4.78 is 11.2. The molecule has 2 atom stereocenters. The molecule has 1 aliphatic heterocycles. The Morgan fingerprint density at radius 1 is 1.12 bits per heavy atom. The summed E-state index contributed by atoms with van der Waals surface area (Å²) in [4.78, 5) is 26.6. The van der Waals surface area contributed by atoms with Gasteiger partial charge in [0.2, 0.25) is 0 Å². The second kappa shape index (κ2) is 7.30. The molecule has 0 saturated carbocycles. The van der Waals surface area contributed by atoms with Gasteiger partial charge in [-0.15, -0.1) is 0 Å². The predicted molar refractivity (Wildman–Crippen MR) is 97.3 cm³/mol. The van der Waals surface area contributed by atoms with Crippen LogP contribution in [-0.4, -0.2) is 28.6 Å². The Hall–Kier alpha value is -2.66. The number of benzene rings is 2. The van der Waals surface area contributed by atoms with E-state index in [1.165, 1.54) is 4.90 Å². The summed E-state index contributed by atoms with van der Waals surface area (Å²) in [5, 5.41) is 0. The van der Waals surface area contributed by atoms with E-state index in [0.717, 1.165) is 11.1 Å². The fourth-order valence-electron chi connectivity index (χ4n) is 3.21. The summed E-state index contributed by atoms with van der Waals surface area (Å²) in [6, 6.07) is 18.6. The van der Waals surface area contributed by atoms with E-state index >= 15 is 0 Å². The average molecular weight is 353 g/mol. The lowest BCUT2D eigenvalue weighted by Gasteiger charge is -2.29. The molecule has 3 rings (SSSR count). The molecule has 26 heavy (non-hydrogen) atoms. The summed E-state index contributed by atoms with van der Waals surface area (Å²) in [7, 11) is 0. The monoisotopic (exact) mass is 353 g/mol. The first-order chi connectivity index (χ1) is 12.4. The largest absolute Gasteiger partial charge is 0.440 e. The van der Waals surface area contributed by atoms with E-state index in [2.05, 4.69) is 0 Å². The molecule has 0 radical (unpaired) electrons. The highest BCUT2D eigenvalue weighted by atomic mass is 16.6. The number of amides is 2. The number of rotatable bonds is 5. The van der Waals surface area contributed by atoms with Gasteiger partial charge in [-0.05, 0) is 31.9 Å². The Balaban J connectivity index is 1.78. The smallest absolute Gasteiger partial charge is 0.417 e. The Kier molecular flexibility index (Phi) is 5.09. The number of hydrogen-bond donors (Lipinski definition) is 0. The number of ether oxygens (including phenoxy) is 2. The molecule has 2 aromatic rings. The molecule has 0 bridgehead atoms. The average Bonchev–Trinajstić information content (AvgIpc) is 2.89. The SMILES string of the molecule is C[C@@H](OCc1ccccc1)C(=O)N1C(=O)OC(C)(C)[C@H]1c1ccccc1. The summed E-state index contributed by atoms with van der Waals surface area (Å²) in [5.74, 6) is -0.398. The highest BCUT2D eigenvalue weighted by Crippen LogP contribution is 2.41. The molecule has 1 saturated heterocycles. The molecule has 0 aromatic heterocycles. The molecule has 5 heteroatoms. The Morgan fingerprint density at radius 2 is 1.69 bits per heavy atom. The van der Waals surface area contributed by atoms with Crippen LogP contribution in [0.1, 0.15) is 37.9 Å². The van der Waals surface area contributed by atoms with Crippen LogP contribution in [0.25, 0.3) is 0 Å². The van der Waals surface area contributed by atoms with Crippen molar-refractivity contribution in [3.05, 3.63) is 71.8 Å². The summed E-state index contributed by atoms with van der Waals surface area (Å²) in [6.45, 7) is 5.58. The van der Waals surface area contributed by atoms with E-state index < -0.39 is 29.7 Å². The fraction of sp³-hybridized carbons (Fsp3) is 0.333. The zero-order chi connectivity index (χ0) is 18.7. The second-order valence-corrected chi connectivity index (χ2v) is 6.93. The molecule has 0 aliphatic carbocycles. The predicted octanol–water partition coefficient (Wildman–Crippen LogP) is 4.09. The first-order valence-corrected chi connectivity index (χ1v) is 8.66. The zero-order valence-corrected chi connectivity index (χ0v) is 15.2. The van der Waals surface area contributed by atoms with Crippen LogP contribution < -0.4 is 0 Å². The van der Waals surface area contributed by atoms with Crippen molar-refractivity contribution < 1.29 is 19.1 Å². The normalized spacial score (nSPS) is 19.9. The Bertz CT molecular complexity index is 773. The second-order valence-electron chi connectivity index (χ2n) is 6.93. The van der Waals surface area contributed by atoms with Crippen molar-refractivity contribution in [1.82, 2.24) is 4.90 Å². The van der Waals surface area contributed by atoms with Crippen molar-refractivity contribution >= 4 is 12.0 Å². The zero-order valence-electron chi connectivity index (χ0n) is 15.2. The van der Waals surface area contributed by atoms with E-state index in [4.69, 9.17) is 9.47 Å². The summed E-state index contributed by atoms with van der Waals surface area (Å²) >= 11 is 0. The third kappa shape index (κ3) is 3.63. The minimum absolute atomic E-state index is 0.302. The van der Waals surface area contributed by atoms with E-state index in [9.17, 15) is 9.59 Å². The molecular weight excluding hydrogens is 330 g/mol. The summed E-state index contributed by atoms with van der Waals surface area (Å²) in [5.41, 5.74) is 1.01. The third-order valence-electron chi connectivity index (χ3n) is 4.51. The van der Waals surface area contributed by atoms with Crippen molar-refractivity contribution in [1.29, 1.82) is 0 Å². The minimum atomic E-state index is -0.812. The van der Waals surface area contributed by atoms with Gasteiger partial charge in [0.15, 0.2) is 0 Å². The molecule has 5 nitrogen and oxygen atoms in total. The molecule has 1 aliphatic rings. The number of carbonyl (C=O) groups excluding carboxylic acids is 2. The van der Waals surface area contributed by atoms with Gasteiger partial charge in [0.25, 0.3) is 5.91 Å². The van der Waals surface area contributed by atoms with Crippen LogP contribution in [0.3, 0.4) is 0 Å². The van der Waals surface area contributed by atoms with Crippen LogP contribution in [0.2, 0.25) is 0 Å². The number of nitrogens with zero attached hydrogens (tertiary/aromatic N) is 1. The number of imide groups is 1. The van der Waals surface area contributed by atoms with Crippen molar-refractivity contribution in [2.75, 3.05) is 0 Å². The highest BCUT2D eigenvalue weighted by molar-refractivity contribution is 5.96. The minimum Gasteiger partial charge on any atom is -0.440 e. The van der Waals surface area contributed by atoms with E-state index in [1.807, 2.05) is 74.5 Å². The molecule has 0 spiro atoms. The van der Waals surface area contributed by atoms with Gasteiger partial charge in [0.05, 0.1) is 6.61 Å². The summed E-state index contributed by atoms with van der Waals surface area (Å²) in [6.07, 6.45) is -1.40. The Morgan fingerprint density at radius 3 is 2.31 bits per heavy atom. The van der Waals surface area contributed by atoms with Gasteiger partial charge in [-0.25, -0.2) is 9.69 Å². The van der Waals surface area contributed by atoms with Gasteiger partial charge in [-0.3, -0.25) is 4.79 Å². The van der Waals surface area contributed by atoms with Gasteiger partial charge in [0.1, 0.15) is 17.7 Å². The fourth-order valence-corrected chi connectivity index (χ4v) is 3.21. The molecule has 0 unspecified atom stereocenters. The lowest BCUT2D eigenvalue weighted by molar-refractivity contribution is -0.141. The maximum absolute atomic E-state index is 12.9. The number of hydrogen-bond acceptors (Lipinski definition) is 4. The first-order valence-electron chi connectivity index (χ1n) is 8.66. The molecule has 1 heterocycles. The molecular formula is C21H23NO4. The van der Waals surface area contributed by atoms with E-state index in [-0.39, 0.29) is 0 Å². The van der Waals surface area contributed by atoms with Crippen LogP contribution in [0.5, 0.6) is 0 Å². The van der Waals surface area contributed by atoms with Crippen molar-refractivity contribution in [3.8, 4) is 0 Å². The van der Waals surface area contributed by atoms with Crippen LogP contribution in [0.4, 0.5) is 4.79 Å². The first kappa shape index (κ1) is 18.1. The standard InChI is InChI=1S/C21H23NO4/c1-15(25-14-16-10-6-4-7-11-16)19(23)22-18(17-12-8-5-9-13-17)21(2,3)26-20(22)24/h4-13,15,18H,14H2,1-3H3/t15-,18-/m1/s1. The van der Waals surface area contributed by atoms with Crippen LogP contribution in [0, 0.1) is 0 Å². The van der Waals surface area contributed by atoms with E-state index in [1.54, 1.807) is 6.92 Å². The topological polar surface area (TPSA) is 55.8 Å². The van der Waals surface area contributed by atoms with Crippen molar-refractivity contribution in [2.24, 2.45) is 0 Å². The van der Waals surface area contributed by atoms with Gasteiger partial charge in [0, 0.05) is 0 Å². The lowest BCUT2D eigenvalue weighted by atomic mass is 9.91. The van der Waals surface area contributed by atoms with Crippen molar-refractivity contribution in [3.63, 3.8) is 0 Å². The van der Waals surface area contributed by atoms with E-state index in [0.29, 0.717) is 6.61 Å². The van der Waals surface area contributed by atoms with Crippen LogP contribution in [-0.2, 0) is 20.9 Å².